The Hall–Kier alpha value is -2.10. The molecule has 0 spiro atoms. The molecule has 0 unspecified atom stereocenters. The van der Waals surface area contributed by atoms with Gasteiger partial charge in [0.2, 0.25) is 10.0 Å². The second-order valence-electron chi connectivity index (χ2n) is 8.01. The first-order valence-corrected chi connectivity index (χ1v) is 14.3. The van der Waals surface area contributed by atoms with Gasteiger partial charge in [0.05, 0.1) is 22.2 Å². The van der Waals surface area contributed by atoms with E-state index in [-0.39, 0.29) is 35.7 Å². The summed E-state index contributed by atoms with van der Waals surface area (Å²) in [7, 11) is -5.80. The van der Waals surface area contributed by atoms with E-state index in [1.54, 1.807) is 54.6 Å². The van der Waals surface area contributed by atoms with Crippen LogP contribution in [-0.4, -0.2) is 46.6 Å². The fourth-order valence-electron chi connectivity index (χ4n) is 4.03. The van der Waals surface area contributed by atoms with Crippen molar-refractivity contribution >= 4 is 43.1 Å². The normalized spacial score (nSPS) is 15.9. The van der Waals surface area contributed by atoms with Gasteiger partial charge >= 0.3 is 0 Å². The van der Waals surface area contributed by atoms with Crippen LogP contribution in [0.3, 0.4) is 0 Å². The first-order chi connectivity index (χ1) is 16.1. The predicted octanol–water partition coefficient (Wildman–Crippen LogP) is 5.30. The molecule has 180 valence electrons. The number of sulfonamides is 1. The van der Waals surface area contributed by atoms with Crippen LogP contribution in [0.2, 0.25) is 10.0 Å². The van der Waals surface area contributed by atoms with E-state index >= 15 is 0 Å². The maximum Gasteiger partial charge on any atom is 0.243 e. The molecule has 0 radical (unpaired) electrons. The van der Waals surface area contributed by atoms with Crippen LogP contribution in [0.1, 0.15) is 12.8 Å². The molecule has 3 aromatic carbocycles. The minimum Gasteiger partial charge on any atom is -0.497 e. The van der Waals surface area contributed by atoms with E-state index in [0.717, 1.165) is 11.1 Å². The molecule has 0 saturated carbocycles. The SMILES string of the molecule is COc1ccc(S(=O)(=O)C2CCN(S(=O)(=O)c3ccc(-c4cc(Cl)cc(Cl)c4)cc3)CC2)cc1. The number of methoxy groups -OCH3 is 1. The Bertz CT molecular complexity index is 1360. The molecule has 0 bridgehead atoms. The van der Waals surface area contributed by atoms with Crippen LogP contribution >= 0.6 is 23.2 Å². The summed E-state index contributed by atoms with van der Waals surface area (Å²) in [5, 5.41) is 0.348. The van der Waals surface area contributed by atoms with Crippen molar-refractivity contribution in [3.05, 3.63) is 76.8 Å². The van der Waals surface area contributed by atoms with E-state index in [0.29, 0.717) is 15.8 Å². The van der Waals surface area contributed by atoms with E-state index in [1.165, 1.54) is 23.5 Å². The number of benzene rings is 3. The largest absolute Gasteiger partial charge is 0.497 e. The van der Waals surface area contributed by atoms with E-state index in [4.69, 9.17) is 27.9 Å². The molecule has 0 aliphatic carbocycles. The van der Waals surface area contributed by atoms with Crippen LogP contribution in [0, 0.1) is 0 Å². The Morgan fingerprint density at radius 1 is 0.765 bits per heavy atom. The zero-order valence-corrected chi connectivity index (χ0v) is 21.5. The Morgan fingerprint density at radius 2 is 1.29 bits per heavy atom. The van der Waals surface area contributed by atoms with Gasteiger partial charge < -0.3 is 4.74 Å². The lowest BCUT2D eigenvalue weighted by Gasteiger charge is -2.31. The molecule has 4 rings (SSSR count). The second kappa shape index (κ2) is 9.87. The van der Waals surface area contributed by atoms with Gasteiger partial charge in [-0.3, -0.25) is 0 Å². The van der Waals surface area contributed by atoms with Gasteiger partial charge in [-0.05, 0) is 78.6 Å². The molecule has 0 atom stereocenters. The molecule has 1 saturated heterocycles. The summed E-state index contributed by atoms with van der Waals surface area (Å²) >= 11 is 12.1. The standard InChI is InChI=1S/C24H23Cl2NO5S2/c1-32-21-4-8-22(9-5-21)33(28,29)23-10-12-27(13-11-23)34(30,31)24-6-2-17(3-7-24)18-14-19(25)16-20(26)15-18/h2-9,14-16,23H,10-13H2,1H3. The first-order valence-electron chi connectivity index (χ1n) is 10.6. The lowest BCUT2D eigenvalue weighted by atomic mass is 10.1. The van der Waals surface area contributed by atoms with Crippen molar-refractivity contribution in [3.8, 4) is 16.9 Å². The Balaban J connectivity index is 1.47. The summed E-state index contributed by atoms with van der Waals surface area (Å²) < 4.78 is 58.8. The minimum absolute atomic E-state index is 0.133. The van der Waals surface area contributed by atoms with Gasteiger partial charge in [-0.15, -0.1) is 0 Å². The van der Waals surface area contributed by atoms with E-state index in [2.05, 4.69) is 0 Å². The summed E-state index contributed by atoms with van der Waals surface area (Å²) in [5.74, 6) is 0.573. The summed E-state index contributed by atoms with van der Waals surface area (Å²) in [5.41, 5.74) is 1.57. The average molecular weight is 540 g/mol. The second-order valence-corrected chi connectivity index (χ2v) is 13.0. The number of hydrogen-bond acceptors (Lipinski definition) is 5. The number of hydrogen-bond donors (Lipinski definition) is 0. The third-order valence-corrected chi connectivity index (χ3v) is 10.5. The zero-order valence-electron chi connectivity index (χ0n) is 18.3. The quantitative estimate of drug-likeness (QED) is 0.424. The Kier molecular flexibility index (Phi) is 7.26. The summed E-state index contributed by atoms with van der Waals surface area (Å²) in [4.78, 5) is 0.368. The number of sulfone groups is 1. The van der Waals surface area contributed by atoms with Crippen molar-refractivity contribution < 1.29 is 21.6 Å². The van der Waals surface area contributed by atoms with E-state index < -0.39 is 25.1 Å². The minimum atomic E-state index is -3.75. The van der Waals surface area contributed by atoms with Crippen molar-refractivity contribution in [2.24, 2.45) is 0 Å². The molecule has 3 aromatic rings. The highest BCUT2D eigenvalue weighted by atomic mass is 35.5. The molecule has 34 heavy (non-hydrogen) atoms. The molecule has 0 aromatic heterocycles. The molecule has 0 N–H and O–H groups in total. The lowest BCUT2D eigenvalue weighted by molar-refractivity contribution is 0.345. The van der Waals surface area contributed by atoms with Gasteiger partial charge in [-0.25, -0.2) is 16.8 Å². The molecule has 1 aliphatic heterocycles. The van der Waals surface area contributed by atoms with Crippen LogP contribution in [0.25, 0.3) is 11.1 Å². The van der Waals surface area contributed by atoms with E-state index in [9.17, 15) is 16.8 Å². The molecular formula is C24H23Cl2NO5S2. The van der Waals surface area contributed by atoms with Crippen molar-refractivity contribution in [2.45, 2.75) is 27.9 Å². The van der Waals surface area contributed by atoms with Crippen LogP contribution < -0.4 is 4.74 Å². The highest BCUT2D eigenvalue weighted by Crippen LogP contribution is 2.31. The third-order valence-electron chi connectivity index (χ3n) is 5.92. The van der Waals surface area contributed by atoms with Crippen LogP contribution in [0.5, 0.6) is 5.75 Å². The smallest absolute Gasteiger partial charge is 0.243 e. The molecule has 1 aliphatic rings. The highest BCUT2D eigenvalue weighted by molar-refractivity contribution is 7.92. The first kappa shape index (κ1) is 25.0. The third kappa shape index (κ3) is 5.11. The summed E-state index contributed by atoms with van der Waals surface area (Å²) in [6.07, 6.45) is 0.458. The summed E-state index contributed by atoms with van der Waals surface area (Å²) in [6.45, 7) is 0.266. The van der Waals surface area contributed by atoms with Crippen molar-refractivity contribution in [2.75, 3.05) is 20.2 Å². The van der Waals surface area contributed by atoms with Gasteiger partial charge in [0.15, 0.2) is 9.84 Å². The lowest BCUT2D eigenvalue weighted by Crippen LogP contribution is -2.42. The number of piperidine rings is 1. The van der Waals surface area contributed by atoms with Gasteiger partial charge in [0.25, 0.3) is 0 Å². The van der Waals surface area contributed by atoms with Gasteiger partial charge in [0, 0.05) is 23.1 Å². The maximum atomic E-state index is 13.2. The monoisotopic (exact) mass is 539 g/mol. The van der Waals surface area contributed by atoms with Crippen LogP contribution in [0.15, 0.2) is 76.5 Å². The van der Waals surface area contributed by atoms with Crippen molar-refractivity contribution in [1.29, 1.82) is 0 Å². The highest BCUT2D eigenvalue weighted by Gasteiger charge is 2.35. The molecule has 0 amide bonds. The van der Waals surface area contributed by atoms with E-state index in [1.807, 2.05) is 0 Å². The van der Waals surface area contributed by atoms with Crippen molar-refractivity contribution in [3.63, 3.8) is 0 Å². The molecule has 1 fully saturated rings. The molecule has 1 heterocycles. The fraction of sp³-hybridized carbons (Fsp3) is 0.250. The number of rotatable bonds is 6. The van der Waals surface area contributed by atoms with Crippen LogP contribution in [0.4, 0.5) is 0 Å². The number of nitrogens with zero attached hydrogens (tertiary/aromatic N) is 1. The van der Waals surface area contributed by atoms with Gasteiger partial charge in [-0.2, -0.15) is 4.31 Å². The topological polar surface area (TPSA) is 80.8 Å². The number of ether oxygens (including phenoxy) is 1. The van der Waals surface area contributed by atoms with Crippen molar-refractivity contribution in [1.82, 2.24) is 4.31 Å². The predicted molar refractivity (Wildman–Crippen MR) is 134 cm³/mol. The average Bonchev–Trinajstić information content (AvgIpc) is 2.83. The zero-order chi connectivity index (χ0) is 24.5. The van der Waals surface area contributed by atoms with Gasteiger partial charge in [-0.1, -0.05) is 35.3 Å². The number of halogens is 2. The molecular weight excluding hydrogens is 517 g/mol. The maximum absolute atomic E-state index is 13.2. The van der Waals surface area contributed by atoms with Gasteiger partial charge in [0.1, 0.15) is 5.75 Å². The summed E-state index contributed by atoms with van der Waals surface area (Å²) in [6, 6.07) is 17.9. The van der Waals surface area contributed by atoms with Crippen LogP contribution in [-0.2, 0) is 19.9 Å². The Labute approximate surface area is 210 Å². The molecule has 10 heteroatoms. The Morgan fingerprint density at radius 3 is 1.82 bits per heavy atom. The molecule has 6 nitrogen and oxygen atoms in total. The fourth-order valence-corrected chi connectivity index (χ4v) is 7.76.